The van der Waals surface area contributed by atoms with Gasteiger partial charge < -0.3 is 5.73 Å². The lowest BCUT2D eigenvalue weighted by molar-refractivity contribution is 0.480. The van der Waals surface area contributed by atoms with Crippen molar-refractivity contribution in [2.75, 3.05) is 0 Å². The molecule has 0 aromatic carbocycles. The van der Waals surface area contributed by atoms with Crippen LogP contribution in [0.4, 0.5) is 0 Å². The summed E-state index contributed by atoms with van der Waals surface area (Å²) in [6.45, 7) is 3.23. The Morgan fingerprint density at radius 2 is 2.25 bits per heavy atom. The fraction of sp³-hybridized carbons (Fsp3) is 0.769. The number of nitrogens with two attached hydrogens (primary N) is 1. The maximum atomic E-state index is 6.13. The molecule has 2 rings (SSSR count). The summed E-state index contributed by atoms with van der Waals surface area (Å²) in [6.07, 6.45) is 9.29. The van der Waals surface area contributed by atoms with E-state index in [1.165, 1.54) is 31.4 Å². The predicted octanol–water partition coefficient (Wildman–Crippen LogP) is 2.67. The van der Waals surface area contributed by atoms with Crippen LogP contribution < -0.4 is 5.73 Å². The van der Waals surface area contributed by atoms with Gasteiger partial charge in [-0.1, -0.05) is 19.8 Å². The zero-order valence-corrected chi connectivity index (χ0v) is 10.2. The van der Waals surface area contributed by atoms with Crippen molar-refractivity contribution in [3.63, 3.8) is 0 Å². The maximum absolute atomic E-state index is 6.13. The average molecular weight is 221 g/mol. The smallest absolute Gasteiger partial charge is 0.0492 e. The Labute approximate surface area is 98.0 Å². The number of hydrogen-bond donors (Lipinski definition) is 1. The molecule has 1 aliphatic rings. The summed E-state index contributed by atoms with van der Waals surface area (Å²) >= 11 is 0. The third kappa shape index (κ3) is 2.64. The molecule has 2 unspecified atom stereocenters. The Kier molecular flexibility index (Phi) is 3.99. The first-order valence-corrected chi connectivity index (χ1v) is 6.58. The highest BCUT2D eigenvalue weighted by atomic mass is 15.3. The van der Waals surface area contributed by atoms with Crippen LogP contribution in [0.25, 0.3) is 0 Å². The second kappa shape index (κ2) is 5.48. The molecule has 0 radical (unpaired) electrons. The fourth-order valence-corrected chi connectivity index (χ4v) is 2.76. The number of hydrogen-bond acceptors (Lipinski definition) is 2. The van der Waals surface area contributed by atoms with E-state index in [1.807, 2.05) is 6.20 Å². The third-order valence-electron chi connectivity index (χ3n) is 3.57. The Bertz CT molecular complexity index is 319. The quantitative estimate of drug-likeness (QED) is 0.797. The first kappa shape index (κ1) is 11.6. The third-order valence-corrected chi connectivity index (χ3v) is 3.57. The molecular weight excluding hydrogens is 198 g/mol. The standard InChI is InChI=1S/C13H23N3/c1-2-9-16-13(7-8-15-16)11-5-3-4-6-12(14)10-11/h7-8,11-12H,2-6,9-10,14H2,1H3. The summed E-state index contributed by atoms with van der Waals surface area (Å²) in [6, 6.07) is 2.57. The molecule has 1 aliphatic carbocycles. The molecule has 0 amide bonds. The Morgan fingerprint density at radius 3 is 3.06 bits per heavy atom. The highest BCUT2D eigenvalue weighted by Gasteiger charge is 2.21. The predicted molar refractivity (Wildman–Crippen MR) is 66.3 cm³/mol. The minimum atomic E-state index is 0.387. The van der Waals surface area contributed by atoms with E-state index in [4.69, 9.17) is 5.73 Å². The van der Waals surface area contributed by atoms with Crippen molar-refractivity contribution in [2.45, 2.75) is 64.0 Å². The van der Waals surface area contributed by atoms with Crippen molar-refractivity contribution in [1.82, 2.24) is 9.78 Å². The van der Waals surface area contributed by atoms with Gasteiger partial charge in [-0.3, -0.25) is 4.68 Å². The first-order valence-electron chi connectivity index (χ1n) is 6.58. The van der Waals surface area contributed by atoms with E-state index < -0.39 is 0 Å². The lowest BCUT2D eigenvalue weighted by atomic mass is 9.95. The molecule has 1 heterocycles. The SMILES string of the molecule is CCCn1nccc1C1CCCCC(N)C1. The van der Waals surface area contributed by atoms with E-state index in [0.717, 1.165) is 19.4 Å². The van der Waals surface area contributed by atoms with Gasteiger partial charge in [0.25, 0.3) is 0 Å². The summed E-state index contributed by atoms with van der Waals surface area (Å²) in [4.78, 5) is 0. The second-order valence-electron chi connectivity index (χ2n) is 4.96. The Balaban J connectivity index is 2.11. The fourth-order valence-electron chi connectivity index (χ4n) is 2.76. The number of nitrogens with zero attached hydrogens (tertiary/aromatic N) is 2. The molecule has 0 saturated heterocycles. The molecule has 0 aliphatic heterocycles. The number of rotatable bonds is 3. The molecule has 90 valence electrons. The largest absolute Gasteiger partial charge is 0.328 e. The molecule has 2 atom stereocenters. The Hall–Kier alpha value is -0.830. The van der Waals surface area contributed by atoms with Crippen molar-refractivity contribution in [3.8, 4) is 0 Å². The van der Waals surface area contributed by atoms with Crippen LogP contribution in [0.3, 0.4) is 0 Å². The van der Waals surface area contributed by atoms with Gasteiger partial charge in [0.1, 0.15) is 0 Å². The number of aryl methyl sites for hydroxylation is 1. The molecule has 16 heavy (non-hydrogen) atoms. The van der Waals surface area contributed by atoms with E-state index in [9.17, 15) is 0 Å². The molecule has 1 fully saturated rings. The molecule has 3 nitrogen and oxygen atoms in total. The van der Waals surface area contributed by atoms with Crippen molar-refractivity contribution < 1.29 is 0 Å². The average Bonchev–Trinajstić information content (AvgIpc) is 2.61. The molecule has 3 heteroatoms. The summed E-state index contributed by atoms with van der Waals surface area (Å²) in [5, 5.41) is 4.41. The van der Waals surface area contributed by atoms with Crippen molar-refractivity contribution >= 4 is 0 Å². The van der Waals surface area contributed by atoms with Crippen LogP contribution in [0.5, 0.6) is 0 Å². The summed E-state index contributed by atoms with van der Waals surface area (Å²) in [7, 11) is 0. The van der Waals surface area contributed by atoms with E-state index in [-0.39, 0.29) is 0 Å². The van der Waals surface area contributed by atoms with Crippen LogP contribution in [0, 0.1) is 0 Å². The van der Waals surface area contributed by atoms with Gasteiger partial charge in [-0.15, -0.1) is 0 Å². The van der Waals surface area contributed by atoms with Gasteiger partial charge in [-0.05, 0) is 31.7 Å². The van der Waals surface area contributed by atoms with Crippen LogP contribution >= 0.6 is 0 Å². The molecule has 2 N–H and O–H groups in total. The lowest BCUT2D eigenvalue weighted by Crippen LogP contribution is -2.22. The van der Waals surface area contributed by atoms with Gasteiger partial charge in [0, 0.05) is 30.4 Å². The second-order valence-corrected chi connectivity index (χ2v) is 4.96. The zero-order chi connectivity index (χ0) is 11.4. The van der Waals surface area contributed by atoms with E-state index in [2.05, 4.69) is 22.8 Å². The first-order chi connectivity index (χ1) is 7.81. The maximum Gasteiger partial charge on any atom is 0.0492 e. The molecule has 1 saturated carbocycles. The molecular formula is C13H23N3. The van der Waals surface area contributed by atoms with E-state index in [0.29, 0.717) is 12.0 Å². The minimum absolute atomic E-state index is 0.387. The van der Waals surface area contributed by atoms with Crippen LogP contribution in [0.1, 0.15) is 57.1 Å². The molecule has 0 spiro atoms. The topological polar surface area (TPSA) is 43.8 Å². The zero-order valence-electron chi connectivity index (χ0n) is 10.2. The minimum Gasteiger partial charge on any atom is -0.328 e. The van der Waals surface area contributed by atoms with E-state index in [1.54, 1.807) is 0 Å². The lowest BCUT2D eigenvalue weighted by Gasteiger charge is -2.18. The summed E-state index contributed by atoms with van der Waals surface area (Å²) in [5.74, 6) is 0.631. The van der Waals surface area contributed by atoms with Crippen molar-refractivity contribution in [2.24, 2.45) is 5.73 Å². The van der Waals surface area contributed by atoms with E-state index >= 15 is 0 Å². The highest BCUT2D eigenvalue weighted by Crippen LogP contribution is 2.30. The van der Waals surface area contributed by atoms with Crippen molar-refractivity contribution in [3.05, 3.63) is 18.0 Å². The van der Waals surface area contributed by atoms with Gasteiger partial charge in [-0.2, -0.15) is 5.10 Å². The number of aromatic nitrogens is 2. The van der Waals surface area contributed by atoms with Crippen LogP contribution in [0.2, 0.25) is 0 Å². The van der Waals surface area contributed by atoms with Crippen LogP contribution in [0.15, 0.2) is 12.3 Å². The monoisotopic (exact) mass is 221 g/mol. The van der Waals surface area contributed by atoms with Gasteiger partial charge in [0.2, 0.25) is 0 Å². The van der Waals surface area contributed by atoms with Gasteiger partial charge in [0.05, 0.1) is 0 Å². The van der Waals surface area contributed by atoms with Crippen LogP contribution in [-0.4, -0.2) is 15.8 Å². The summed E-state index contributed by atoms with van der Waals surface area (Å²) in [5.41, 5.74) is 7.53. The molecule has 1 aromatic rings. The van der Waals surface area contributed by atoms with Gasteiger partial charge >= 0.3 is 0 Å². The Morgan fingerprint density at radius 1 is 1.44 bits per heavy atom. The molecule has 1 aromatic heterocycles. The van der Waals surface area contributed by atoms with Crippen LogP contribution in [-0.2, 0) is 6.54 Å². The van der Waals surface area contributed by atoms with Crippen molar-refractivity contribution in [1.29, 1.82) is 0 Å². The summed E-state index contributed by atoms with van der Waals surface area (Å²) < 4.78 is 2.17. The van der Waals surface area contributed by atoms with Gasteiger partial charge in [0.15, 0.2) is 0 Å². The molecule has 0 bridgehead atoms. The normalized spacial score (nSPS) is 26.6. The van der Waals surface area contributed by atoms with Gasteiger partial charge in [-0.25, -0.2) is 0 Å². The highest BCUT2D eigenvalue weighted by molar-refractivity contribution is 5.09.